The number of amides is 1. The summed E-state index contributed by atoms with van der Waals surface area (Å²) in [4.78, 5) is 14.3. The highest BCUT2D eigenvalue weighted by molar-refractivity contribution is 5.84. The van der Waals surface area contributed by atoms with E-state index in [2.05, 4.69) is 46.3 Å². The van der Waals surface area contributed by atoms with Crippen LogP contribution in [0.2, 0.25) is 0 Å². The number of rotatable bonds is 4. The van der Waals surface area contributed by atoms with Gasteiger partial charge in [-0.05, 0) is 47.8 Å². The molecule has 5 rings (SSSR count). The van der Waals surface area contributed by atoms with Gasteiger partial charge in [-0.2, -0.15) is 10.5 Å². The molecule has 3 heterocycles. The van der Waals surface area contributed by atoms with Crippen LogP contribution in [0.15, 0.2) is 58.5 Å². The number of nitrogens with zero attached hydrogens (tertiary/aromatic N) is 3. The predicted molar refractivity (Wildman–Crippen MR) is 107 cm³/mol. The molecule has 0 aromatic carbocycles. The Kier molecular flexibility index (Phi) is 4.26. The Morgan fingerprint density at radius 3 is 2.72 bits per heavy atom. The minimum Gasteiger partial charge on any atom is -0.380 e. The van der Waals surface area contributed by atoms with Gasteiger partial charge in [-0.15, -0.1) is 0 Å². The topological polar surface area (TPSA) is 104 Å². The third-order valence-corrected chi connectivity index (χ3v) is 6.23. The molecule has 2 fully saturated rings. The number of nitrogens with one attached hydrogen (secondary N) is 3. The van der Waals surface area contributed by atoms with Gasteiger partial charge in [0.2, 0.25) is 5.91 Å². The molecule has 0 radical (unpaired) electrons. The van der Waals surface area contributed by atoms with Crippen LogP contribution >= 0.6 is 0 Å². The van der Waals surface area contributed by atoms with Gasteiger partial charge in [0.1, 0.15) is 6.04 Å². The summed E-state index contributed by atoms with van der Waals surface area (Å²) in [6, 6.07) is 4.50. The first kappa shape index (κ1) is 17.8. The molecule has 0 aromatic rings. The van der Waals surface area contributed by atoms with Crippen LogP contribution in [0, 0.1) is 28.6 Å². The average Bonchev–Trinajstić information content (AvgIpc) is 2.65. The Hall–Kier alpha value is -3.29. The molecule has 29 heavy (non-hydrogen) atoms. The second-order valence-corrected chi connectivity index (χ2v) is 8.13. The smallest absolute Gasteiger partial charge is 0.241 e. The molecule has 3 atom stereocenters. The molecule has 2 saturated heterocycles. The van der Waals surface area contributed by atoms with Crippen molar-refractivity contribution in [2.75, 3.05) is 19.6 Å². The average molecular weight is 386 g/mol. The zero-order valence-corrected chi connectivity index (χ0v) is 16.0. The van der Waals surface area contributed by atoms with E-state index in [1.165, 1.54) is 5.57 Å². The number of fused-ring (bicyclic) bond motifs is 1. The van der Waals surface area contributed by atoms with Crippen LogP contribution in [0.25, 0.3) is 0 Å². The van der Waals surface area contributed by atoms with E-state index in [0.29, 0.717) is 19.6 Å². The Labute approximate surface area is 169 Å². The quantitative estimate of drug-likeness (QED) is 0.659. The molecule has 0 bridgehead atoms. The van der Waals surface area contributed by atoms with Crippen LogP contribution in [-0.2, 0) is 4.79 Å². The number of carbonyl (C=O) groups excluding carboxylic acids is 1. The maximum atomic E-state index is 12.5. The van der Waals surface area contributed by atoms with Crippen molar-refractivity contribution in [1.29, 1.82) is 10.5 Å². The van der Waals surface area contributed by atoms with E-state index in [9.17, 15) is 10.1 Å². The highest BCUT2D eigenvalue weighted by Crippen LogP contribution is 2.33. The van der Waals surface area contributed by atoms with E-state index in [-0.39, 0.29) is 30.0 Å². The van der Waals surface area contributed by atoms with Gasteiger partial charge in [0, 0.05) is 37.1 Å². The molecular formula is C22H22N6O. The van der Waals surface area contributed by atoms with Crippen molar-refractivity contribution in [1.82, 2.24) is 20.9 Å². The molecule has 0 spiro atoms. The summed E-state index contributed by atoms with van der Waals surface area (Å²) in [5.74, 6) is -0.173. The number of nitriles is 2. The fourth-order valence-electron chi connectivity index (χ4n) is 4.33. The third kappa shape index (κ3) is 3.04. The summed E-state index contributed by atoms with van der Waals surface area (Å²) in [6.45, 7) is 1.90. The molecule has 5 aliphatic rings. The normalized spacial score (nSPS) is 30.1. The lowest BCUT2D eigenvalue weighted by Crippen LogP contribution is -2.68. The monoisotopic (exact) mass is 386 g/mol. The van der Waals surface area contributed by atoms with Crippen molar-refractivity contribution in [2.45, 2.75) is 31.0 Å². The number of hydrogen-bond donors (Lipinski definition) is 3. The van der Waals surface area contributed by atoms with Crippen LogP contribution in [0.1, 0.15) is 12.8 Å². The maximum absolute atomic E-state index is 12.5. The Bertz CT molecular complexity index is 995. The van der Waals surface area contributed by atoms with Crippen LogP contribution < -0.4 is 16.0 Å². The van der Waals surface area contributed by atoms with Gasteiger partial charge in [0.25, 0.3) is 0 Å². The molecule has 1 amide bonds. The molecule has 3 unspecified atom stereocenters. The zero-order valence-electron chi connectivity index (χ0n) is 16.0. The lowest BCUT2D eigenvalue weighted by Gasteiger charge is -2.46. The Balaban J connectivity index is 1.24. The largest absolute Gasteiger partial charge is 0.380 e. The summed E-state index contributed by atoms with van der Waals surface area (Å²) >= 11 is 0. The molecular weight excluding hydrogens is 364 g/mol. The Morgan fingerprint density at radius 1 is 1.21 bits per heavy atom. The van der Waals surface area contributed by atoms with Gasteiger partial charge in [0.05, 0.1) is 30.1 Å². The van der Waals surface area contributed by atoms with Crippen LogP contribution in [-0.4, -0.2) is 48.6 Å². The van der Waals surface area contributed by atoms with Crippen molar-refractivity contribution >= 4 is 5.91 Å². The molecule has 0 saturated carbocycles. The minimum atomic E-state index is -0.341. The zero-order chi connectivity index (χ0) is 20.0. The summed E-state index contributed by atoms with van der Waals surface area (Å²) < 4.78 is 0. The van der Waals surface area contributed by atoms with E-state index in [4.69, 9.17) is 5.26 Å². The van der Waals surface area contributed by atoms with Gasteiger partial charge in [0.15, 0.2) is 0 Å². The number of carbonyl (C=O) groups is 1. The fourth-order valence-corrected chi connectivity index (χ4v) is 4.33. The Morgan fingerprint density at radius 2 is 2.07 bits per heavy atom. The highest BCUT2D eigenvalue weighted by atomic mass is 16.2. The van der Waals surface area contributed by atoms with Gasteiger partial charge in [-0.3, -0.25) is 4.79 Å². The van der Waals surface area contributed by atoms with E-state index in [1.54, 1.807) is 0 Å². The fraction of sp³-hybridized carbons (Fsp3) is 0.409. The van der Waals surface area contributed by atoms with Crippen molar-refractivity contribution in [3.8, 4) is 12.1 Å². The van der Waals surface area contributed by atoms with Crippen molar-refractivity contribution in [2.24, 2.45) is 5.92 Å². The van der Waals surface area contributed by atoms with Crippen LogP contribution in [0.3, 0.4) is 0 Å². The van der Waals surface area contributed by atoms with Crippen LogP contribution in [0.5, 0.6) is 0 Å². The van der Waals surface area contributed by atoms with Crippen molar-refractivity contribution < 1.29 is 4.79 Å². The lowest BCUT2D eigenvalue weighted by atomic mass is 9.85. The van der Waals surface area contributed by atoms with Crippen molar-refractivity contribution in [3.63, 3.8) is 0 Å². The molecule has 3 N–H and O–H groups in total. The highest BCUT2D eigenvalue weighted by Gasteiger charge is 2.43. The minimum absolute atomic E-state index is 0.0305. The molecule has 7 nitrogen and oxygen atoms in total. The molecule has 3 aliphatic heterocycles. The molecule has 146 valence electrons. The third-order valence-electron chi connectivity index (χ3n) is 6.23. The first-order chi connectivity index (χ1) is 14.2. The summed E-state index contributed by atoms with van der Waals surface area (Å²) in [5.41, 5.74) is 5.37. The van der Waals surface area contributed by atoms with E-state index >= 15 is 0 Å². The number of allylic oxidation sites excluding steroid dienone is 6. The summed E-state index contributed by atoms with van der Waals surface area (Å²) in [6.07, 6.45) is 12.2. The molecule has 2 aliphatic carbocycles. The van der Waals surface area contributed by atoms with Gasteiger partial charge < -0.3 is 20.9 Å². The maximum Gasteiger partial charge on any atom is 0.241 e. The van der Waals surface area contributed by atoms with E-state index < -0.39 is 0 Å². The predicted octanol–water partition coefficient (Wildman–Crippen LogP) is 0.748. The molecule has 0 aromatic heterocycles. The SMILES string of the molecule is N#CC1=CC(C2=CC3=CNC3C(NC3CN(C(=O)C4NCC4C#N)C3)=C2)=CCC1. The summed E-state index contributed by atoms with van der Waals surface area (Å²) in [7, 11) is 0. The second kappa shape index (κ2) is 6.95. The second-order valence-electron chi connectivity index (χ2n) is 8.13. The van der Waals surface area contributed by atoms with E-state index in [0.717, 1.165) is 35.3 Å². The standard InChI is InChI=1S/C22H22N6O/c23-7-13-2-1-3-14(4-13)15-5-16-9-25-20(16)19(6-15)27-18-11-28(12-18)22(29)21-17(8-24)10-26-21/h3-6,9,17-18,20-21,25-27H,1-2,10-12H2. The first-order valence-electron chi connectivity index (χ1n) is 10.0. The van der Waals surface area contributed by atoms with Gasteiger partial charge >= 0.3 is 0 Å². The molecule has 7 heteroatoms. The number of hydrogen-bond acceptors (Lipinski definition) is 6. The first-order valence-corrected chi connectivity index (χ1v) is 10.0. The van der Waals surface area contributed by atoms with E-state index in [1.807, 2.05) is 17.2 Å². The van der Waals surface area contributed by atoms with Crippen LogP contribution in [0.4, 0.5) is 0 Å². The van der Waals surface area contributed by atoms with Crippen molar-refractivity contribution in [3.05, 3.63) is 58.5 Å². The number of likely N-dealkylation sites (tertiary alicyclic amines) is 1. The van der Waals surface area contributed by atoms with Gasteiger partial charge in [-0.1, -0.05) is 6.08 Å². The summed E-state index contributed by atoms with van der Waals surface area (Å²) in [5, 5.41) is 28.2. The van der Waals surface area contributed by atoms with Gasteiger partial charge in [-0.25, -0.2) is 0 Å². The lowest BCUT2D eigenvalue weighted by molar-refractivity contribution is -0.141.